The molecule has 8 heteroatoms. The zero-order chi connectivity index (χ0) is 22.7. The molecule has 0 N–H and O–H groups in total. The molecular formula is C24H16Cl2FNO4. The molecule has 0 spiro atoms. The lowest BCUT2D eigenvalue weighted by molar-refractivity contribution is -0.129. The number of halogens is 3. The van der Waals surface area contributed by atoms with Crippen LogP contribution >= 0.6 is 23.2 Å². The second-order valence-corrected chi connectivity index (χ2v) is 7.59. The highest BCUT2D eigenvalue weighted by molar-refractivity contribution is 6.35. The standard InChI is InChI=1S/C24H16Cl2FNO4/c1-30-22-11-14(6-9-21(22)31-13-15-7-8-16(25)12-18(15)26)10-20-24(29)32-23(28-20)17-4-2-3-5-19(17)27/h2-12H,13H2,1H3/b20-10-. The summed E-state index contributed by atoms with van der Waals surface area (Å²) in [6, 6.07) is 16.2. The first-order valence-electron chi connectivity index (χ1n) is 9.47. The van der Waals surface area contributed by atoms with E-state index in [1.807, 2.05) is 0 Å². The van der Waals surface area contributed by atoms with E-state index in [2.05, 4.69) is 4.99 Å². The van der Waals surface area contributed by atoms with Crippen LogP contribution in [0.1, 0.15) is 16.7 Å². The summed E-state index contributed by atoms with van der Waals surface area (Å²) in [5, 5.41) is 1.04. The first-order chi connectivity index (χ1) is 15.4. The van der Waals surface area contributed by atoms with Crippen molar-refractivity contribution >= 4 is 41.1 Å². The number of nitrogens with zero attached hydrogens (tertiary/aromatic N) is 1. The van der Waals surface area contributed by atoms with Gasteiger partial charge in [-0.3, -0.25) is 0 Å². The van der Waals surface area contributed by atoms with Crippen LogP contribution < -0.4 is 9.47 Å². The fourth-order valence-electron chi connectivity index (χ4n) is 3.00. The van der Waals surface area contributed by atoms with Gasteiger partial charge in [0.15, 0.2) is 17.2 Å². The molecule has 1 aliphatic heterocycles. The largest absolute Gasteiger partial charge is 0.493 e. The zero-order valence-corrected chi connectivity index (χ0v) is 18.3. The van der Waals surface area contributed by atoms with Gasteiger partial charge in [-0.25, -0.2) is 14.2 Å². The molecule has 1 heterocycles. The molecule has 0 amide bonds. The number of esters is 1. The molecule has 0 unspecified atom stereocenters. The Morgan fingerprint density at radius 2 is 1.88 bits per heavy atom. The third-order valence-corrected chi connectivity index (χ3v) is 5.20. The molecule has 3 aromatic carbocycles. The highest BCUT2D eigenvalue weighted by Crippen LogP contribution is 2.31. The third-order valence-electron chi connectivity index (χ3n) is 4.61. The Labute approximate surface area is 193 Å². The van der Waals surface area contributed by atoms with Gasteiger partial charge in [-0.1, -0.05) is 47.5 Å². The Bertz CT molecular complexity index is 1260. The zero-order valence-electron chi connectivity index (χ0n) is 16.8. The number of carbonyl (C=O) groups excluding carboxylic acids is 1. The number of hydrogen-bond donors (Lipinski definition) is 0. The first kappa shape index (κ1) is 21.9. The van der Waals surface area contributed by atoms with Gasteiger partial charge >= 0.3 is 5.97 Å². The maximum atomic E-state index is 14.0. The van der Waals surface area contributed by atoms with E-state index in [9.17, 15) is 9.18 Å². The van der Waals surface area contributed by atoms with Crippen LogP contribution in [0.2, 0.25) is 10.0 Å². The average molecular weight is 472 g/mol. The molecule has 4 rings (SSSR count). The maximum absolute atomic E-state index is 14.0. The number of ether oxygens (including phenoxy) is 3. The molecule has 0 fully saturated rings. The fourth-order valence-corrected chi connectivity index (χ4v) is 3.47. The summed E-state index contributed by atoms with van der Waals surface area (Å²) < 4.78 is 30.3. The predicted octanol–water partition coefficient (Wildman–Crippen LogP) is 6.06. The molecule has 0 aliphatic carbocycles. The summed E-state index contributed by atoms with van der Waals surface area (Å²) in [5.74, 6) is -0.324. The van der Waals surface area contributed by atoms with Gasteiger partial charge in [-0.15, -0.1) is 0 Å². The van der Waals surface area contributed by atoms with Crippen LogP contribution in [0.4, 0.5) is 4.39 Å². The lowest BCUT2D eigenvalue weighted by atomic mass is 10.1. The van der Waals surface area contributed by atoms with E-state index in [0.29, 0.717) is 27.1 Å². The predicted molar refractivity (Wildman–Crippen MR) is 121 cm³/mol. The van der Waals surface area contributed by atoms with Gasteiger partial charge in [0, 0.05) is 15.6 Å². The summed E-state index contributed by atoms with van der Waals surface area (Å²) in [6.45, 7) is 0.218. The first-order valence-corrected chi connectivity index (χ1v) is 10.2. The van der Waals surface area contributed by atoms with Crippen molar-refractivity contribution in [2.75, 3.05) is 7.11 Å². The van der Waals surface area contributed by atoms with Crippen molar-refractivity contribution in [3.63, 3.8) is 0 Å². The monoisotopic (exact) mass is 471 g/mol. The number of rotatable bonds is 6. The second-order valence-electron chi connectivity index (χ2n) is 6.75. The molecule has 0 saturated heterocycles. The quantitative estimate of drug-likeness (QED) is 0.323. The lowest BCUT2D eigenvalue weighted by Gasteiger charge is -2.12. The van der Waals surface area contributed by atoms with Crippen molar-refractivity contribution in [3.05, 3.63) is 98.9 Å². The minimum atomic E-state index is -0.667. The third kappa shape index (κ3) is 4.77. The van der Waals surface area contributed by atoms with Crippen LogP contribution in [0.5, 0.6) is 11.5 Å². The van der Waals surface area contributed by atoms with Crippen LogP contribution in [0.15, 0.2) is 71.4 Å². The summed E-state index contributed by atoms with van der Waals surface area (Å²) in [4.78, 5) is 16.3. The smallest absolute Gasteiger partial charge is 0.363 e. The van der Waals surface area contributed by atoms with Crippen molar-refractivity contribution in [1.29, 1.82) is 0 Å². The maximum Gasteiger partial charge on any atom is 0.363 e. The molecule has 32 heavy (non-hydrogen) atoms. The van der Waals surface area contributed by atoms with E-state index in [1.54, 1.807) is 48.5 Å². The summed E-state index contributed by atoms with van der Waals surface area (Å²) in [6.07, 6.45) is 1.53. The highest BCUT2D eigenvalue weighted by Gasteiger charge is 2.26. The lowest BCUT2D eigenvalue weighted by Crippen LogP contribution is -2.07. The Morgan fingerprint density at radius 3 is 2.62 bits per heavy atom. The molecule has 1 aliphatic rings. The van der Waals surface area contributed by atoms with Crippen LogP contribution in [-0.4, -0.2) is 19.0 Å². The van der Waals surface area contributed by atoms with Gasteiger partial charge in [0.05, 0.1) is 12.7 Å². The minimum Gasteiger partial charge on any atom is -0.493 e. The SMILES string of the molecule is COc1cc(/C=C2\N=C(c3ccccc3F)OC2=O)ccc1OCc1ccc(Cl)cc1Cl. The molecular weight excluding hydrogens is 456 g/mol. The van der Waals surface area contributed by atoms with Gasteiger partial charge in [0.25, 0.3) is 0 Å². The number of cyclic esters (lactones) is 1. The minimum absolute atomic E-state index is 0.0481. The second kappa shape index (κ2) is 9.42. The number of hydrogen-bond acceptors (Lipinski definition) is 5. The summed E-state index contributed by atoms with van der Waals surface area (Å²) >= 11 is 12.1. The van der Waals surface area contributed by atoms with Crippen LogP contribution in [0, 0.1) is 5.82 Å². The molecule has 0 atom stereocenters. The number of benzene rings is 3. The van der Waals surface area contributed by atoms with Crippen LogP contribution in [0.3, 0.4) is 0 Å². The van der Waals surface area contributed by atoms with E-state index >= 15 is 0 Å². The number of aliphatic imine (C=N–C) groups is 1. The Kier molecular flexibility index (Phi) is 6.44. The van der Waals surface area contributed by atoms with Gasteiger partial charge in [-0.2, -0.15) is 0 Å². The van der Waals surface area contributed by atoms with E-state index in [1.165, 1.54) is 25.3 Å². The van der Waals surface area contributed by atoms with Crippen molar-refractivity contribution < 1.29 is 23.4 Å². The molecule has 0 saturated carbocycles. The Morgan fingerprint density at radius 1 is 1.06 bits per heavy atom. The Hall–Kier alpha value is -3.35. The molecule has 3 aromatic rings. The van der Waals surface area contributed by atoms with Crippen molar-refractivity contribution in [3.8, 4) is 11.5 Å². The van der Waals surface area contributed by atoms with E-state index < -0.39 is 11.8 Å². The van der Waals surface area contributed by atoms with Gasteiger partial charge < -0.3 is 14.2 Å². The van der Waals surface area contributed by atoms with Crippen LogP contribution in [0.25, 0.3) is 6.08 Å². The average Bonchev–Trinajstić information content (AvgIpc) is 3.13. The molecule has 0 aromatic heterocycles. The van der Waals surface area contributed by atoms with Crippen molar-refractivity contribution in [2.24, 2.45) is 4.99 Å². The van der Waals surface area contributed by atoms with Crippen molar-refractivity contribution in [1.82, 2.24) is 0 Å². The molecule has 5 nitrogen and oxygen atoms in total. The van der Waals surface area contributed by atoms with Gasteiger partial charge in [-0.05, 0) is 48.0 Å². The van der Waals surface area contributed by atoms with E-state index in [4.69, 9.17) is 37.4 Å². The highest BCUT2D eigenvalue weighted by atomic mass is 35.5. The van der Waals surface area contributed by atoms with Crippen molar-refractivity contribution in [2.45, 2.75) is 6.61 Å². The number of carbonyl (C=O) groups is 1. The van der Waals surface area contributed by atoms with E-state index in [-0.39, 0.29) is 23.8 Å². The van der Waals surface area contributed by atoms with Crippen LogP contribution in [-0.2, 0) is 16.1 Å². The normalized spacial score (nSPS) is 14.3. The fraction of sp³-hybridized carbons (Fsp3) is 0.0833. The Balaban J connectivity index is 1.55. The topological polar surface area (TPSA) is 57.1 Å². The van der Waals surface area contributed by atoms with Gasteiger partial charge in [0.2, 0.25) is 5.90 Å². The summed E-state index contributed by atoms with van der Waals surface area (Å²) in [5.41, 5.74) is 1.57. The molecule has 0 radical (unpaired) electrons. The van der Waals surface area contributed by atoms with Gasteiger partial charge in [0.1, 0.15) is 12.4 Å². The molecule has 0 bridgehead atoms. The summed E-state index contributed by atoms with van der Waals surface area (Å²) in [7, 11) is 1.51. The molecule has 162 valence electrons. The number of methoxy groups -OCH3 is 1. The van der Waals surface area contributed by atoms with E-state index in [0.717, 1.165) is 5.56 Å².